The molecule has 0 saturated heterocycles. The van der Waals surface area contributed by atoms with E-state index in [0.717, 1.165) is 10.4 Å². The predicted molar refractivity (Wildman–Crippen MR) is 90.0 cm³/mol. The first-order valence-electron chi connectivity index (χ1n) is 6.78. The van der Waals surface area contributed by atoms with Crippen molar-refractivity contribution in [1.29, 1.82) is 0 Å². The molecule has 0 amide bonds. The average Bonchev–Trinajstić information content (AvgIpc) is 3.08. The highest BCUT2D eigenvalue weighted by Crippen LogP contribution is 2.21. The molecule has 1 aromatic heterocycles. The van der Waals surface area contributed by atoms with E-state index in [1.165, 1.54) is 11.3 Å². The van der Waals surface area contributed by atoms with E-state index in [0.29, 0.717) is 22.9 Å². The van der Waals surface area contributed by atoms with Crippen LogP contribution in [0.1, 0.15) is 20.8 Å². The lowest BCUT2D eigenvalue weighted by atomic mass is 10.1. The summed E-state index contributed by atoms with van der Waals surface area (Å²) in [4.78, 5) is 12.9. The minimum Gasteiger partial charge on any atom is -0.489 e. The molecule has 3 aromatic rings. The Bertz CT molecular complexity index is 764. The van der Waals surface area contributed by atoms with Crippen molar-refractivity contribution in [2.45, 2.75) is 6.61 Å². The molecule has 0 radical (unpaired) electrons. The maximum absolute atomic E-state index is 12.2. The van der Waals surface area contributed by atoms with E-state index in [1.54, 1.807) is 24.3 Å². The van der Waals surface area contributed by atoms with Gasteiger partial charge in [0.2, 0.25) is 5.78 Å². The van der Waals surface area contributed by atoms with Gasteiger partial charge in [0, 0.05) is 16.1 Å². The number of carbonyl (C=O) groups is 1. The molecule has 0 saturated carbocycles. The second-order valence-corrected chi connectivity index (χ2v) is 6.07. The summed E-state index contributed by atoms with van der Waals surface area (Å²) in [7, 11) is 0. The SMILES string of the molecule is O=C(c1ccc(OCc2ccccc2Cl)cc1)c1cccs1. The molecule has 0 aliphatic heterocycles. The topological polar surface area (TPSA) is 26.3 Å². The lowest BCUT2D eigenvalue weighted by Crippen LogP contribution is -1.99. The van der Waals surface area contributed by atoms with E-state index in [-0.39, 0.29) is 5.78 Å². The standard InChI is InChI=1S/C18H13ClO2S/c19-16-5-2-1-4-14(16)12-21-15-9-7-13(8-10-15)18(20)17-6-3-11-22-17/h1-11H,12H2. The Balaban J connectivity index is 1.67. The third-order valence-electron chi connectivity index (χ3n) is 3.21. The molecule has 0 unspecified atom stereocenters. The second kappa shape index (κ2) is 6.77. The van der Waals surface area contributed by atoms with Crippen molar-refractivity contribution >= 4 is 28.7 Å². The number of hydrogen-bond acceptors (Lipinski definition) is 3. The Hall–Kier alpha value is -2.10. The first-order chi connectivity index (χ1) is 10.7. The van der Waals surface area contributed by atoms with Crippen molar-refractivity contribution in [2.24, 2.45) is 0 Å². The molecule has 0 aliphatic rings. The third-order valence-corrected chi connectivity index (χ3v) is 4.45. The molecule has 1 heterocycles. The maximum Gasteiger partial charge on any atom is 0.202 e. The molecule has 0 spiro atoms. The first-order valence-corrected chi connectivity index (χ1v) is 8.04. The van der Waals surface area contributed by atoms with Crippen LogP contribution in [0.15, 0.2) is 66.0 Å². The summed E-state index contributed by atoms with van der Waals surface area (Å²) < 4.78 is 5.71. The van der Waals surface area contributed by atoms with Crippen LogP contribution in [-0.4, -0.2) is 5.78 Å². The summed E-state index contributed by atoms with van der Waals surface area (Å²) in [6, 6.07) is 18.4. The average molecular weight is 329 g/mol. The van der Waals surface area contributed by atoms with Crippen molar-refractivity contribution in [3.8, 4) is 5.75 Å². The van der Waals surface area contributed by atoms with Gasteiger partial charge in [-0.3, -0.25) is 4.79 Å². The number of ether oxygens (including phenoxy) is 1. The predicted octanol–water partition coefficient (Wildman–Crippen LogP) is 5.21. The van der Waals surface area contributed by atoms with Crippen LogP contribution in [0.25, 0.3) is 0 Å². The summed E-state index contributed by atoms with van der Waals surface area (Å²) in [5, 5.41) is 2.58. The number of halogens is 1. The Morgan fingerprint density at radius 3 is 2.45 bits per heavy atom. The molecule has 0 N–H and O–H groups in total. The molecule has 0 aliphatic carbocycles. The Morgan fingerprint density at radius 1 is 1.00 bits per heavy atom. The highest BCUT2D eigenvalue weighted by molar-refractivity contribution is 7.12. The van der Waals surface area contributed by atoms with Crippen molar-refractivity contribution in [2.75, 3.05) is 0 Å². The van der Waals surface area contributed by atoms with Gasteiger partial charge in [-0.05, 0) is 41.8 Å². The lowest BCUT2D eigenvalue weighted by molar-refractivity contribution is 0.104. The number of thiophene rings is 1. The summed E-state index contributed by atoms with van der Waals surface area (Å²) in [6.07, 6.45) is 0. The Morgan fingerprint density at radius 2 is 1.77 bits per heavy atom. The zero-order valence-corrected chi connectivity index (χ0v) is 13.2. The number of benzene rings is 2. The van der Waals surface area contributed by atoms with Gasteiger partial charge in [0.15, 0.2) is 0 Å². The van der Waals surface area contributed by atoms with Crippen LogP contribution in [0.2, 0.25) is 5.02 Å². The van der Waals surface area contributed by atoms with Gasteiger partial charge in [-0.25, -0.2) is 0 Å². The van der Waals surface area contributed by atoms with E-state index < -0.39 is 0 Å². The first kappa shape index (κ1) is 14.8. The van der Waals surface area contributed by atoms with Crippen molar-refractivity contribution in [3.63, 3.8) is 0 Å². The minimum absolute atomic E-state index is 0.0349. The van der Waals surface area contributed by atoms with Crippen LogP contribution in [0, 0.1) is 0 Å². The van der Waals surface area contributed by atoms with Crippen molar-refractivity contribution < 1.29 is 9.53 Å². The number of ketones is 1. The molecular weight excluding hydrogens is 316 g/mol. The summed E-state index contributed by atoms with van der Waals surface area (Å²) in [6.45, 7) is 0.401. The largest absolute Gasteiger partial charge is 0.489 e. The van der Waals surface area contributed by atoms with Crippen LogP contribution < -0.4 is 4.74 Å². The molecule has 2 aromatic carbocycles. The summed E-state index contributed by atoms with van der Waals surface area (Å²) >= 11 is 7.53. The van der Waals surface area contributed by atoms with Crippen molar-refractivity contribution in [3.05, 3.63) is 87.1 Å². The van der Waals surface area contributed by atoms with Gasteiger partial charge >= 0.3 is 0 Å². The maximum atomic E-state index is 12.2. The molecule has 2 nitrogen and oxygen atoms in total. The third kappa shape index (κ3) is 3.38. The number of rotatable bonds is 5. The molecule has 4 heteroatoms. The molecule has 0 atom stereocenters. The zero-order chi connectivity index (χ0) is 15.4. The van der Waals surface area contributed by atoms with Gasteiger partial charge in [0.25, 0.3) is 0 Å². The van der Waals surface area contributed by atoms with E-state index in [4.69, 9.17) is 16.3 Å². The molecule has 22 heavy (non-hydrogen) atoms. The fourth-order valence-corrected chi connectivity index (χ4v) is 2.91. The Labute approximate surface area is 137 Å². The van der Waals surface area contributed by atoms with Gasteiger partial charge < -0.3 is 4.74 Å². The fourth-order valence-electron chi connectivity index (χ4n) is 2.03. The normalized spacial score (nSPS) is 10.4. The molecule has 110 valence electrons. The van der Waals surface area contributed by atoms with Crippen LogP contribution in [0.4, 0.5) is 0 Å². The highest BCUT2D eigenvalue weighted by Gasteiger charge is 2.09. The Kier molecular flexibility index (Phi) is 4.56. The quantitative estimate of drug-likeness (QED) is 0.601. The minimum atomic E-state index is 0.0349. The van der Waals surface area contributed by atoms with Gasteiger partial charge in [-0.15, -0.1) is 11.3 Å². The van der Waals surface area contributed by atoms with Crippen LogP contribution >= 0.6 is 22.9 Å². The monoisotopic (exact) mass is 328 g/mol. The summed E-state index contributed by atoms with van der Waals surface area (Å²) in [5.74, 6) is 0.746. The van der Waals surface area contributed by atoms with E-state index in [1.807, 2.05) is 41.8 Å². The van der Waals surface area contributed by atoms with Crippen LogP contribution in [-0.2, 0) is 6.61 Å². The molecule has 0 bridgehead atoms. The summed E-state index contributed by atoms with van der Waals surface area (Å²) in [5.41, 5.74) is 1.59. The van der Waals surface area contributed by atoms with Gasteiger partial charge in [-0.2, -0.15) is 0 Å². The molecule has 3 rings (SSSR count). The van der Waals surface area contributed by atoms with Gasteiger partial charge in [0.05, 0.1) is 4.88 Å². The zero-order valence-electron chi connectivity index (χ0n) is 11.7. The van der Waals surface area contributed by atoms with Gasteiger partial charge in [0.1, 0.15) is 12.4 Å². The van der Waals surface area contributed by atoms with Crippen LogP contribution in [0.3, 0.4) is 0 Å². The number of hydrogen-bond donors (Lipinski definition) is 0. The fraction of sp³-hybridized carbons (Fsp3) is 0.0556. The van der Waals surface area contributed by atoms with Crippen LogP contribution in [0.5, 0.6) is 5.75 Å². The molecule has 0 fully saturated rings. The lowest BCUT2D eigenvalue weighted by Gasteiger charge is -2.08. The van der Waals surface area contributed by atoms with Crippen molar-refractivity contribution in [1.82, 2.24) is 0 Å². The highest BCUT2D eigenvalue weighted by atomic mass is 35.5. The second-order valence-electron chi connectivity index (χ2n) is 4.71. The van der Waals surface area contributed by atoms with E-state index >= 15 is 0 Å². The van der Waals surface area contributed by atoms with E-state index in [2.05, 4.69) is 0 Å². The number of carbonyl (C=O) groups excluding carboxylic acids is 1. The smallest absolute Gasteiger partial charge is 0.202 e. The van der Waals surface area contributed by atoms with E-state index in [9.17, 15) is 4.79 Å². The van der Waals surface area contributed by atoms with Gasteiger partial charge in [-0.1, -0.05) is 35.9 Å². The molecular formula is C18H13ClO2S.